The zero-order valence-corrected chi connectivity index (χ0v) is 15.7. The zero-order valence-electron chi connectivity index (χ0n) is 15.7. The highest BCUT2D eigenvalue weighted by Crippen LogP contribution is 2.21. The number of anilines is 2. The van der Waals surface area contributed by atoms with Gasteiger partial charge in [0, 0.05) is 37.6 Å². The molecular formula is C21H31N3. The summed E-state index contributed by atoms with van der Waals surface area (Å²) in [5.74, 6) is 0. The van der Waals surface area contributed by atoms with Gasteiger partial charge in [-0.2, -0.15) is 0 Å². The van der Waals surface area contributed by atoms with Crippen LogP contribution in [0.15, 0.2) is 30.3 Å². The van der Waals surface area contributed by atoms with Crippen LogP contribution in [-0.4, -0.2) is 26.2 Å². The topological polar surface area (TPSA) is 36.1 Å². The van der Waals surface area contributed by atoms with Gasteiger partial charge < -0.3 is 16.0 Å². The van der Waals surface area contributed by atoms with Crippen LogP contribution in [0.3, 0.4) is 0 Å². The Morgan fingerprint density at radius 2 is 1.08 bits per heavy atom. The fraction of sp³-hybridized carbons (Fsp3) is 0.429. The van der Waals surface area contributed by atoms with Crippen molar-refractivity contribution >= 4 is 11.4 Å². The van der Waals surface area contributed by atoms with Crippen LogP contribution in [0.2, 0.25) is 0 Å². The molecule has 0 radical (unpaired) electrons. The molecule has 0 unspecified atom stereocenters. The Bertz CT molecular complexity index is 634. The normalized spacial score (nSPS) is 10.7. The van der Waals surface area contributed by atoms with Gasteiger partial charge in [0.2, 0.25) is 0 Å². The molecule has 2 aromatic carbocycles. The monoisotopic (exact) mass is 325 g/mol. The second-order valence-electron chi connectivity index (χ2n) is 6.64. The van der Waals surface area contributed by atoms with E-state index in [1.165, 1.54) is 39.2 Å². The van der Waals surface area contributed by atoms with E-state index in [1.807, 2.05) is 0 Å². The second kappa shape index (κ2) is 8.74. The SMILES string of the molecule is Cc1cc(C)c(NCCNCCNc2c(C)cccc2C)c(C)c1. The summed E-state index contributed by atoms with van der Waals surface area (Å²) in [7, 11) is 0. The maximum Gasteiger partial charge on any atom is 0.0400 e. The molecule has 130 valence electrons. The first-order valence-electron chi connectivity index (χ1n) is 8.81. The van der Waals surface area contributed by atoms with Crippen molar-refractivity contribution in [1.82, 2.24) is 5.32 Å². The molecule has 2 aromatic rings. The predicted molar refractivity (Wildman–Crippen MR) is 106 cm³/mol. The fourth-order valence-corrected chi connectivity index (χ4v) is 3.23. The van der Waals surface area contributed by atoms with Gasteiger partial charge in [-0.05, 0) is 56.9 Å². The van der Waals surface area contributed by atoms with Gasteiger partial charge in [-0.15, -0.1) is 0 Å². The lowest BCUT2D eigenvalue weighted by atomic mass is 10.1. The summed E-state index contributed by atoms with van der Waals surface area (Å²) in [6.45, 7) is 14.6. The van der Waals surface area contributed by atoms with Crippen LogP contribution in [0.25, 0.3) is 0 Å². The molecule has 0 fully saturated rings. The predicted octanol–water partition coefficient (Wildman–Crippen LogP) is 4.34. The molecule has 3 heteroatoms. The van der Waals surface area contributed by atoms with Gasteiger partial charge in [0.25, 0.3) is 0 Å². The third kappa shape index (κ3) is 5.00. The Labute approximate surface area is 146 Å². The highest BCUT2D eigenvalue weighted by atomic mass is 15.0. The smallest absolute Gasteiger partial charge is 0.0400 e. The van der Waals surface area contributed by atoms with Crippen molar-refractivity contribution in [2.75, 3.05) is 36.8 Å². The Hall–Kier alpha value is -2.00. The van der Waals surface area contributed by atoms with Gasteiger partial charge >= 0.3 is 0 Å². The molecule has 0 aliphatic carbocycles. The number of hydrogen-bond acceptors (Lipinski definition) is 3. The lowest BCUT2D eigenvalue weighted by Gasteiger charge is -2.15. The van der Waals surface area contributed by atoms with Crippen LogP contribution in [0.5, 0.6) is 0 Å². The zero-order chi connectivity index (χ0) is 17.5. The van der Waals surface area contributed by atoms with Crippen LogP contribution >= 0.6 is 0 Å². The van der Waals surface area contributed by atoms with E-state index in [1.54, 1.807) is 0 Å². The number of aryl methyl sites for hydroxylation is 5. The first-order chi connectivity index (χ1) is 11.5. The molecule has 3 N–H and O–H groups in total. The van der Waals surface area contributed by atoms with Gasteiger partial charge in [-0.1, -0.05) is 35.9 Å². The van der Waals surface area contributed by atoms with Gasteiger partial charge in [0.15, 0.2) is 0 Å². The third-order valence-corrected chi connectivity index (χ3v) is 4.37. The Kier molecular flexibility index (Phi) is 6.68. The first-order valence-corrected chi connectivity index (χ1v) is 8.81. The molecule has 0 saturated carbocycles. The molecule has 0 aliphatic heterocycles. The maximum absolute atomic E-state index is 3.55. The largest absolute Gasteiger partial charge is 0.383 e. The molecular weight excluding hydrogens is 294 g/mol. The summed E-state index contributed by atoms with van der Waals surface area (Å²) in [6, 6.07) is 10.9. The van der Waals surface area contributed by atoms with Gasteiger partial charge in [0.1, 0.15) is 0 Å². The number of rotatable bonds is 8. The number of hydrogen-bond donors (Lipinski definition) is 3. The molecule has 0 atom stereocenters. The van der Waals surface area contributed by atoms with Gasteiger partial charge in [-0.25, -0.2) is 0 Å². The van der Waals surface area contributed by atoms with E-state index in [0.29, 0.717) is 0 Å². The second-order valence-corrected chi connectivity index (χ2v) is 6.64. The lowest BCUT2D eigenvalue weighted by molar-refractivity contribution is 0.718. The number of benzene rings is 2. The quantitative estimate of drug-likeness (QED) is 0.632. The number of nitrogens with one attached hydrogen (secondary N) is 3. The van der Waals surface area contributed by atoms with Crippen molar-refractivity contribution in [3.8, 4) is 0 Å². The molecule has 0 aromatic heterocycles. The van der Waals surface area contributed by atoms with E-state index in [9.17, 15) is 0 Å². The average molecular weight is 326 g/mol. The maximum atomic E-state index is 3.55. The Morgan fingerprint density at radius 1 is 0.625 bits per heavy atom. The summed E-state index contributed by atoms with van der Waals surface area (Å²) < 4.78 is 0. The minimum atomic E-state index is 0.939. The van der Waals surface area contributed by atoms with Crippen molar-refractivity contribution in [2.24, 2.45) is 0 Å². The summed E-state index contributed by atoms with van der Waals surface area (Å²) in [6.07, 6.45) is 0. The molecule has 3 nitrogen and oxygen atoms in total. The van der Waals surface area contributed by atoms with Gasteiger partial charge in [0.05, 0.1) is 0 Å². The van der Waals surface area contributed by atoms with Crippen molar-refractivity contribution < 1.29 is 0 Å². The van der Waals surface area contributed by atoms with Crippen LogP contribution < -0.4 is 16.0 Å². The lowest BCUT2D eigenvalue weighted by Crippen LogP contribution is -2.27. The van der Waals surface area contributed by atoms with Crippen LogP contribution in [0.1, 0.15) is 27.8 Å². The molecule has 0 aliphatic rings. The molecule has 24 heavy (non-hydrogen) atoms. The third-order valence-electron chi connectivity index (χ3n) is 4.37. The van der Waals surface area contributed by atoms with E-state index >= 15 is 0 Å². The van der Waals surface area contributed by atoms with E-state index in [-0.39, 0.29) is 0 Å². The van der Waals surface area contributed by atoms with E-state index < -0.39 is 0 Å². The average Bonchev–Trinajstić information content (AvgIpc) is 2.50. The molecule has 2 rings (SSSR count). The number of para-hydroxylation sites is 1. The standard InChI is InChI=1S/C21H31N3/c1-15-13-18(4)21(19(5)14-15)24-12-10-22-9-11-23-20-16(2)7-6-8-17(20)3/h6-8,13-14,22-24H,9-12H2,1-5H3. The molecule has 0 heterocycles. The van der Waals surface area contributed by atoms with E-state index in [4.69, 9.17) is 0 Å². The van der Waals surface area contributed by atoms with Crippen LogP contribution in [0.4, 0.5) is 11.4 Å². The highest BCUT2D eigenvalue weighted by molar-refractivity contribution is 5.58. The first kappa shape index (κ1) is 18.3. The Balaban J connectivity index is 1.67. The summed E-state index contributed by atoms with van der Waals surface area (Å²) in [5, 5.41) is 10.6. The van der Waals surface area contributed by atoms with E-state index in [0.717, 1.165) is 26.2 Å². The molecule has 0 amide bonds. The van der Waals surface area contributed by atoms with Crippen LogP contribution in [-0.2, 0) is 0 Å². The van der Waals surface area contributed by atoms with Crippen molar-refractivity contribution in [2.45, 2.75) is 34.6 Å². The van der Waals surface area contributed by atoms with Crippen molar-refractivity contribution in [3.05, 3.63) is 58.1 Å². The summed E-state index contributed by atoms with van der Waals surface area (Å²) in [4.78, 5) is 0. The fourth-order valence-electron chi connectivity index (χ4n) is 3.23. The summed E-state index contributed by atoms with van der Waals surface area (Å²) >= 11 is 0. The van der Waals surface area contributed by atoms with Crippen molar-refractivity contribution in [1.29, 1.82) is 0 Å². The minimum Gasteiger partial charge on any atom is -0.383 e. The minimum absolute atomic E-state index is 0.939. The van der Waals surface area contributed by atoms with Crippen molar-refractivity contribution in [3.63, 3.8) is 0 Å². The van der Waals surface area contributed by atoms with Crippen LogP contribution in [0, 0.1) is 34.6 Å². The highest BCUT2D eigenvalue weighted by Gasteiger charge is 2.03. The molecule has 0 saturated heterocycles. The summed E-state index contributed by atoms with van der Waals surface area (Å²) in [5.41, 5.74) is 9.13. The van der Waals surface area contributed by atoms with Gasteiger partial charge in [-0.3, -0.25) is 0 Å². The Morgan fingerprint density at radius 3 is 1.58 bits per heavy atom. The molecule has 0 bridgehead atoms. The molecule has 0 spiro atoms. The van der Waals surface area contributed by atoms with E-state index in [2.05, 4.69) is 80.9 Å².